The molecule has 2 aromatic carbocycles. The van der Waals surface area contributed by atoms with Crippen LogP contribution in [-0.2, 0) is 0 Å². The van der Waals surface area contributed by atoms with Gasteiger partial charge in [-0.2, -0.15) is 0 Å². The molecule has 2 aromatic rings. The lowest BCUT2D eigenvalue weighted by Crippen LogP contribution is -2.03. The fourth-order valence-electron chi connectivity index (χ4n) is 3.53. The van der Waals surface area contributed by atoms with E-state index in [1.54, 1.807) is 18.2 Å². The van der Waals surface area contributed by atoms with Crippen molar-refractivity contribution in [3.8, 4) is 5.75 Å². The highest BCUT2D eigenvalue weighted by Gasteiger charge is 2.14. The summed E-state index contributed by atoms with van der Waals surface area (Å²) in [5.41, 5.74) is 1.25. The van der Waals surface area contributed by atoms with Crippen molar-refractivity contribution >= 4 is 17.4 Å². The molecular weight excluding hydrogens is 332 g/mol. The molecule has 1 fully saturated rings. The Morgan fingerprint density at radius 3 is 2.48 bits per heavy atom. The molecule has 0 amide bonds. The van der Waals surface area contributed by atoms with E-state index in [1.807, 2.05) is 30.3 Å². The second kappa shape index (κ2) is 9.05. The van der Waals surface area contributed by atoms with Gasteiger partial charge in [0.15, 0.2) is 5.78 Å². The van der Waals surface area contributed by atoms with Gasteiger partial charge in [0.2, 0.25) is 0 Å². The second-order valence-corrected chi connectivity index (χ2v) is 7.24. The van der Waals surface area contributed by atoms with Gasteiger partial charge in [0.1, 0.15) is 5.75 Å². The summed E-state index contributed by atoms with van der Waals surface area (Å²) in [7, 11) is 0. The predicted molar refractivity (Wildman–Crippen MR) is 103 cm³/mol. The van der Waals surface area contributed by atoms with E-state index in [0.29, 0.717) is 28.5 Å². The van der Waals surface area contributed by atoms with E-state index in [0.717, 1.165) is 12.3 Å². The Labute approximate surface area is 155 Å². The number of unbranched alkanes of at least 4 members (excludes halogenated alkanes) is 1. The maximum absolute atomic E-state index is 12.4. The van der Waals surface area contributed by atoms with E-state index in [4.69, 9.17) is 16.3 Å². The third-order valence-corrected chi connectivity index (χ3v) is 5.26. The topological polar surface area (TPSA) is 26.3 Å². The Morgan fingerprint density at radius 2 is 1.76 bits per heavy atom. The van der Waals surface area contributed by atoms with Crippen molar-refractivity contribution in [3.63, 3.8) is 0 Å². The van der Waals surface area contributed by atoms with Crippen LogP contribution < -0.4 is 4.74 Å². The number of rotatable bonds is 8. The van der Waals surface area contributed by atoms with Crippen LogP contribution in [0.15, 0.2) is 48.5 Å². The molecule has 132 valence electrons. The summed E-state index contributed by atoms with van der Waals surface area (Å²) in [5, 5.41) is 0.498. The first-order chi connectivity index (χ1) is 12.2. The molecule has 2 nitrogen and oxygen atoms in total. The van der Waals surface area contributed by atoms with Crippen LogP contribution in [0, 0.1) is 5.92 Å². The van der Waals surface area contributed by atoms with Crippen LogP contribution >= 0.6 is 11.6 Å². The molecule has 0 saturated heterocycles. The van der Waals surface area contributed by atoms with Crippen molar-refractivity contribution in [1.82, 2.24) is 0 Å². The molecular formula is C22H25ClO2. The molecule has 1 aliphatic rings. The fraction of sp³-hybridized carbons (Fsp3) is 0.409. The minimum Gasteiger partial charge on any atom is -0.492 e. The number of ether oxygens (including phenoxy) is 1. The SMILES string of the molecule is O=C(c1ccccc1)c1ccc(OCCCCC2CCCC2)c(Cl)c1. The largest absolute Gasteiger partial charge is 0.492 e. The lowest BCUT2D eigenvalue weighted by molar-refractivity contribution is 0.103. The average molecular weight is 357 g/mol. The average Bonchev–Trinajstić information content (AvgIpc) is 3.16. The number of carbonyl (C=O) groups excluding carboxylic acids is 1. The Morgan fingerprint density at radius 1 is 1.00 bits per heavy atom. The van der Waals surface area contributed by atoms with Crippen molar-refractivity contribution in [2.75, 3.05) is 6.61 Å². The predicted octanol–water partition coefficient (Wildman–Crippen LogP) is 6.31. The summed E-state index contributed by atoms with van der Waals surface area (Å²) in [6, 6.07) is 14.5. The lowest BCUT2D eigenvalue weighted by Gasteiger charge is -2.11. The summed E-state index contributed by atoms with van der Waals surface area (Å²) in [6.45, 7) is 0.679. The van der Waals surface area contributed by atoms with Gasteiger partial charge in [-0.3, -0.25) is 4.79 Å². The van der Waals surface area contributed by atoms with Crippen LogP contribution in [0.1, 0.15) is 60.9 Å². The summed E-state index contributed by atoms with van der Waals surface area (Å²) in [4.78, 5) is 12.4. The highest BCUT2D eigenvalue weighted by Crippen LogP contribution is 2.29. The molecule has 0 atom stereocenters. The van der Waals surface area contributed by atoms with E-state index in [2.05, 4.69) is 0 Å². The minimum atomic E-state index is -0.0226. The summed E-state index contributed by atoms with van der Waals surface area (Å²) >= 11 is 6.30. The zero-order chi connectivity index (χ0) is 17.5. The summed E-state index contributed by atoms with van der Waals surface area (Å²) < 4.78 is 5.80. The molecule has 0 aromatic heterocycles. The maximum Gasteiger partial charge on any atom is 0.193 e. The smallest absolute Gasteiger partial charge is 0.193 e. The Bertz CT molecular complexity index is 690. The van der Waals surface area contributed by atoms with Gasteiger partial charge in [-0.15, -0.1) is 0 Å². The van der Waals surface area contributed by atoms with Crippen molar-refractivity contribution in [3.05, 3.63) is 64.7 Å². The Hall–Kier alpha value is -1.80. The highest BCUT2D eigenvalue weighted by atomic mass is 35.5. The number of benzene rings is 2. The van der Waals surface area contributed by atoms with Gasteiger partial charge in [0.05, 0.1) is 11.6 Å². The molecule has 0 bridgehead atoms. The van der Waals surface area contributed by atoms with Crippen LogP contribution in [-0.4, -0.2) is 12.4 Å². The van der Waals surface area contributed by atoms with Gasteiger partial charge >= 0.3 is 0 Å². The maximum atomic E-state index is 12.4. The van der Waals surface area contributed by atoms with Gasteiger partial charge in [0.25, 0.3) is 0 Å². The Balaban J connectivity index is 1.49. The van der Waals surface area contributed by atoms with Crippen molar-refractivity contribution in [1.29, 1.82) is 0 Å². The zero-order valence-electron chi connectivity index (χ0n) is 14.5. The quantitative estimate of drug-likeness (QED) is 0.409. The number of ketones is 1. The normalized spacial score (nSPS) is 14.6. The molecule has 25 heavy (non-hydrogen) atoms. The molecule has 0 heterocycles. The first kappa shape index (κ1) is 18.0. The fourth-order valence-corrected chi connectivity index (χ4v) is 3.77. The minimum absolute atomic E-state index is 0.0226. The van der Waals surface area contributed by atoms with Crippen molar-refractivity contribution < 1.29 is 9.53 Å². The lowest BCUT2D eigenvalue weighted by atomic mass is 10.0. The molecule has 1 aliphatic carbocycles. The standard InChI is InChI=1S/C22H25ClO2/c23-20-16-19(22(24)18-11-2-1-3-12-18)13-14-21(20)25-15-7-6-10-17-8-4-5-9-17/h1-3,11-14,16-17H,4-10,15H2. The Kier molecular flexibility index (Phi) is 6.52. The number of hydrogen-bond acceptors (Lipinski definition) is 2. The number of hydrogen-bond donors (Lipinski definition) is 0. The van der Waals surface area contributed by atoms with Gasteiger partial charge < -0.3 is 4.74 Å². The molecule has 0 N–H and O–H groups in total. The number of halogens is 1. The number of carbonyl (C=O) groups is 1. The molecule has 0 unspecified atom stereocenters. The first-order valence-electron chi connectivity index (χ1n) is 9.26. The third-order valence-electron chi connectivity index (χ3n) is 4.97. The second-order valence-electron chi connectivity index (χ2n) is 6.84. The molecule has 3 rings (SSSR count). The van der Waals surface area contributed by atoms with E-state index < -0.39 is 0 Å². The molecule has 0 spiro atoms. The van der Waals surface area contributed by atoms with Crippen LogP contribution in [0.5, 0.6) is 5.75 Å². The highest BCUT2D eigenvalue weighted by molar-refractivity contribution is 6.32. The summed E-state index contributed by atoms with van der Waals surface area (Å²) in [6.07, 6.45) is 9.22. The van der Waals surface area contributed by atoms with E-state index in [1.165, 1.54) is 38.5 Å². The van der Waals surface area contributed by atoms with Crippen LogP contribution in [0.25, 0.3) is 0 Å². The zero-order valence-corrected chi connectivity index (χ0v) is 15.3. The molecule has 0 aliphatic heterocycles. The molecule has 3 heteroatoms. The summed E-state index contributed by atoms with van der Waals surface area (Å²) in [5.74, 6) is 1.57. The van der Waals surface area contributed by atoms with E-state index in [9.17, 15) is 4.79 Å². The van der Waals surface area contributed by atoms with E-state index >= 15 is 0 Å². The molecule has 0 radical (unpaired) electrons. The monoisotopic (exact) mass is 356 g/mol. The molecule has 1 saturated carbocycles. The van der Waals surface area contributed by atoms with Crippen LogP contribution in [0.3, 0.4) is 0 Å². The van der Waals surface area contributed by atoms with Gasteiger partial charge in [-0.05, 0) is 37.0 Å². The van der Waals surface area contributed by atoms with Crippen LogP contribution in [0.2, 0.25) is 5.02 Å². The first-order valence-corrected chi connectivity index (χ1v) is 9.64. The van der Waals surface area contributed by atoms with Gasteiger partial charge in [0, 0.05) is 11.1 Å². The van der Waals surface area contributed by atoms with Gasteiger partial charge in [-0.25, -0.2) is 0 Å². The third kappa shape index (κ3) is 5.09. The van der Waals surface area contributed by atoms with Crippen molar-refractivity contribution in [2.45, 2.75) is 44.9 Å². The van der Waals surface area contributed by atoms with Gasteiger partial charge in [-0.1, -0.05) is 74.0 Å². The van der Waals surface area contributed by atoms with Crippen molar-refractivity contribution in [2.24, 2.45) is 5.92 Å². The van der Waals surface area contributed by atoms with E-state index in [-0.39, 0.29) is 5.78 Å². The van der Waals surface area contributed by atoms with Crippen LogP contribution in [0.4, 0.5) is 0 Å².